The fraction of sp³-hybridized carbons (Fsp3) is 0.182. The number of nitrogens with zero attached hydrogens (tertiary/aromatic N) is 1. The summed E-state index contributed by atoms with van der Waals surface area (Å²) in [6.45, 7) is 1.11. The van der Waals surface area contributed by atoms with Gasteiger partial charge < -0.3 is 19.7 Å². The van der Waals surface area contributed by atoms with Gasteiger partial charge in [-0.1, -0.05) is 23.7 Å². The normalized spacial score (nSPS) is 10.7. The fourth-order valence-electron chi connectivity index (χ4n) is 2.89. The van der Waals surface area contributed by atoms with Crippen LogP contribution in [-0.2, 0) is 17.9 Å². The predicted molar refractivity (Wildman–Crippen MR) is 112 cm³/mol. The zero-order valence-electron chi connectivity index (χ0n) is 16.5. The second kappa shape index (κ2) is 9.72. The molecule has 1 heterocycles. The quantitative estimate of drug-likeness (QED) is 0.578. The molecule has 0 atom stereocenters. The molecule has 3 aromatic rings. The monoisotopic (exact) mass is 448 g/mol. The number of ether oxygens (including phenoxy) is 1. The van der Waals surface area contributed by atoms with Gasteiger partial charge in [0.2, 0.25) is 5.91 Å². The van der Waals surface area contributed by atoms with Crippen molar-refractivity contribution in [1.29, 1.82) is 0 Å². The van der Waals surface area contributed by atoms with E-state index in [4.69, 9.17) is 21.4 Å². The molecule has 0 aliphatic carbocycles. The molecular formula is C22H19ClF2N2O4. The minimum absolute atomic E-state index is 0.103. The van der Waals surface area contributed by atoms with Crippen molar-refractivity contribution in [2.24, 2.45) is 0 Å². The van der Waals surface area contributed by atoms with Gasteiger partial charge in [-0.2, -0.15) is 0 Å². The maximum atomic E-state index is 13.8. The number of aryl methyl sites for hydroxylation is 1. The molecule has 2 aromatic carbocycles. The third-order valence-electron chi connectivity index (χ3n) is 4.54. The molecule has 9 heteroatoms. The van der Waals surface area contributed by atoms with Gasteiger partial charge in [0, 0.05) is 29.1 Å². The molecule has 0 aliphatic rings. The third kappa shape index (κ3) is 5.48. The molecule has 0 saturated heterocycles. The highest BCUT2D eigenvalue weighted by Gasteiger charge is 2.14. The van der Waals surface area contributed by atoms with E-state index in [9.17, 15) is 18.4 Å². The molecule has 0 radical (unpaired) electrons. The van der Waals surface area contributed by atoms with Crippen LogP contribution in [0.4, 0.5) is 14.5 Å². The van der Waals surface area contributed by atoms with Gasteiger partial charge in [-0.15, -0.1) is 0 Å². The number of hydrogen-bond donors (Lipinski definition) is 2. The summed E-state index contributed by atoms with van der Waals surface area (Å²) < 4.78 is 33.8. The van der Waals surface area contributed by atoms with Crippen molar-refractivity contribution in [3.05, 3.63) is 92.4 Å². The van der Waals surface area contributed by atoms with Gasteiger partial charge in [0.1, 0.15) is 35.6 Å². The summed E-state index contributed by atoms with van der Waals surface area (Å²) in [5.74, 6) is -1.87. The van der Waals surface area contributed by atoms with E-state index in [1.54, 1.807) is 37.3 Å². The molecule has 0 saturated carbocycles. The van der Waals surface area contributed by atoms with Crippen LogP contribution in [0.5, 0.6) is 5.75 Å². The zero-order chi connectivity index (χ0) is 22.5. The van der Waals surface area contributed by atoms with Gasteiger partial charge in [0.25, 0.3) is 5.56 Å². The van der Waals surface area contributed by atoms with E-state index < -0.39 is 29.7 Å². The molecular weight excluding hydrogens is 430 g/mol. The highest BCUT2D eigenvalue weighted by atomic mass is 35.5. The molecule has 6 nitrogen and oxygen atoms in total. The molecule has 2 N–H and O–H groups in total. The number of carbonyl (C=O) groups is 1. The van der Waals surface area contributed by atoms with Crippen LogP contribution in [-0.4, -0.2) is 22.2 Å². The van der Waals surface area contributed by atoms with Crippen molar-refractivity contribution in [2.45, 2.75) is 20.1 Å². The SMILES string of the molecule is Cc1cc(OCc2ccc(F)cc2F)c(Cl)c(=O)n1Cc1ccc(NC(=O)CO)cc1. The number of aliphatic hydroxyl groups is 1. The third-order valence-corrected chi connectivity index (χ3v) is 4.88. The first-order valence-electron chi connectivity index (χ1n) is 9.25. The van der Waals surface area contributed by atoms with Gasteiger partial charge in [-0.05, 0) is 36.8 Å². The van der Waals surface area contributed by atoms with E-state index in [-0.39, 0.29) is 29.5 Å². The Morgan fingerprint density at radius 3 is 2.52 bits per heavy atom. The van der Waals surface area contributed by atoms with E-state index in [0.29, 0.717) is 11.4 Å². The maximum Gasteiger partial charge on any atom is 0.273 e. The summed E-state index contributed by atoms with van der Waals surface area (Å²) in [4.78, 5) is 24.0. The van der Waals surface area contributed by atoms with Crippen LogP contribution in [0.2, 0.25) is 5.02 Å². The van der Waals surface area contributed by atoms with Crippen LogP contribution in [0.1, 0.15) is 16.8 Å². The Kier molecular flexibility index (Phi) is 7.04. The van der Waals surface area contributed by atoms with Crippen molar-refractivity contribution >= 4 is 23.2 Å². The van der Waals surface area contributed by atoms with Crippen LogP contribution in [0.3, 0.4) is 0 Å². The van der Waals surface area contributed by atoms with Crippen molar-refractivity contribution in [1.82, 2.24) is 4.57 Å². The predicted octanol–water partition coefficient (Wildman–Crippen LogP) is 3.65. The molecule has 1 amide bonds. The second-order valence-corrected chi connectivity index (χ2v) is 7.16. The number of aliphatic hydroxyl groups excluding tert-OH is 1. The van der Waals surface area contributed by atoms with E-state index in [1.807, 2.05) is 0 Å². The molecule has 31 heavy (non-hydrogen) atoms. The molecule has 0 fully saturated rings. The smallest absolute Gasteiger partial charge is 0.273 e. The molecule has 0 aliphatic heterocycles. The van der Waals surface area contributed by atoms with Gasteiger partial charge in [-0.25, -0.2) is 8.78 Å². The topological polar surface area (TPSA) is 80.6 Å². The minimum Gasteiger partial charge on any atom is -0.487 e. The Balaban J connectivity index is 1.76. The number of benzene rings is 2. The number of halogens is 3. The first-order chi connectivity index (χ1) is 14.8. The Labute approximate surface area is 181 Å². The molecule has 0 unspecified atom stereocenters. The minimum atomic E-state index is -0.750. The standard InChI is InChI=1S/C22H19ClF2N2O4/c1-13-8-19(31-12-15-4-5-16(24)9-18(15)25)21(23)22(30)27(13)10-14-2-6-17(7-3-14)26-20(29)11-28/h2-9,28H,10-12H2,1H3,(H,26,29). The highest BCUT2D eigenvalue weighted by molar-refractivity contribution is 6.31. The number of anilines is 1. The van der Waals surface area contributed by atoms with Crippen molar-refractivity contribution in [3.63, 3.8) is 0 Å². The Morgan fingerprint density at radius 1 is 1.16 bits per heavy atom. The summed E-state index contributed by atoms with van der Waals surface area (Å²) in [5.41, 5.74) is 1.52. The molecule has 3 rings (SSSR count). The summed E-state index contributed by atoms with van der Waals surface area (Å²) >= 11 is 6.18. The lowest BCUT2D eigenvalue weighted by Gasteiger charge is -2.15. The lowest BCUT2D eigenvalue weighted by Crippen LogP contribution is -2.24. The van der Waals surface area contributed by atoms with Gasteiger partial charge in [0.15, 0.2) is 0 Å². The number of nitrogens with one attached hydrogen (secondary N) is 1. The maximum absolute atomic E-state index is 13.8. The van der Waals surface area contributed by atoms with Crippen LogP contribution >= 0.6 is 11.6 Å². The zero-order valence-corrected chi connectivity index (χ0v) is 17.2. The van der Waals surface area contributed by atoms with Crippen LogP contribution < -0.4 is 15.6 Å². The average molecular weight is 449 g/mol. The van der Waals surface area contributed by atoms with Crippen molar-refractivity contribution in [2.75, 3.05) is 11.9 Å². The van der Waals surface area contributed by atoms with Gasteiger partial charge >= 0.3 is 0 Å². The van der Waals surface area contributed by atoms with Crippen LogP contribution in [0.15, 0.2) is 53.3 Å². The fourth-order valence-corrected chi connectivity index (χ4v) is 3.10. The summed E-state index contributed by atoms with van der Waals surface area (Å²) in [6, 6.07) is 11.5. The van der Waals surface area contributed by atoms with Crippen LogP contribution in [0.25, 0.3) is 0 Å². The molecule has 162 valence electrons. The largest absolute Gasteiger partial charge is 0.487 e. The summed E-state index contributed by atoms with van der Waals surface area (Å²) in [5, 5.41) is 11.1. The molecule has 0 spiro atoms. The van der Waals surface area contributed by atoms with E-state index in [0.717, 1.165) is 17.7 Å². The number of amides is 1. The Hall–Kier alpha value is -3.23. The van der Waals surface area contributed by atoms with Crippen LogP contribution in [0, 0.1) is 18.6 Å². The van der Waals surface area contributed by atoms with Gasteiger partial charge in [-0.3, -0.25) is 9.59 Å². The van der Waals surface area contributed by atoms with E-state index in [1.165, 1.54) is 10.6 Å². The molecule has 1 aromatic heterocycles. The van der Waals surface area contributed by atoms with Crippen molar-refractivity contribution in [3.8, 4) is 5.75 Å². The lowest BCUT2D eigenvalue weighted by molar-refractivity contribution is -0.118. The molecule has 0 bridgehead atoms. The number of aromatic nitrogens is 1. The lowest BCUT2D eigenvalue weighted by atomic mass is 10.2. The average Bonchev–Trinajstić information content (AvgIpc) is 2.75. The van der Waals surface area contributed by atoms with E-state index >= 15 is 0 Å². The Morgan fingerprint density at radius 2 is 1.87 bits per heavy atom. The number of hydrogen-bond acceptors (Lipinski definition) is 4. The Bertz CT molecular complexity index is 1160. The second-order valence-electron chi connectivity index (χ2n) is 6.78. The number of pyridine rings is 1. The number of carbonyl (C=O) groups excluding carboxylic acids is 1. The first-order valence-corrected chi connectivity index (χ1v) is 9.62. The first kappa shape index (κ1) is 22.5. The summed E-state index contributed by atoms with van der Waals surface area (Å²) in [7, 11) is 0. The number of rotatable bonds is 7. The summed E-state index contributed by atoms with van der Waals surface area (Å²) in [6.07, 6.45) is 0. The van der Waals surface area contributed by atoms with E-state index in [2.05, 4.69) is 5.32 Å². The van der Waals surface area contributed by atoms with Crippen molar-refractivity contribution < 1.29 is 23.4 Å². The highest BCUT2D eigenvalue weighted by Crippen LogP contribution is 2.24. The van der Waals surface area contributed by atoms with Gasteiger partial charge in [0.05, 0.1) is 6.54 Å².